The molecule has 0 aromatic heterocycles. The molecule has 104 valence electrons. The molecule has 1 atom stereocenters. The van der Waals surface area contributed by atoms with E-state index < -0.39 is 17.2 Å². The number of hydrogen-bond acceptors (Lipinski definition) is 2. The third-order valence-electron chi connectivity index (χ3n) is 2.87. The Labute approximate surface area is 111 Å². The van der Waals surface area contributed by atoms with Gasteiger partial charge in [0.15, 0.2) is 0 Å². The summed E-state index contributed by atoms with van der Waals surface area (Å²) in [7, 11) is 0. The lowest BCUT2D eigenvalue weighted by Crippen LogP contribution is -2.30. The van der Waals surface area contributed by atoms with Crippen molar-refractivity contribution in [3.63, 3.8) is 0 Å². The first kappa shape index (κ1) is 15.5. The fourth-order valence-corrected chi connectivity index (χ4v) is 1.55. The van der Waals surface area contributed by atoms with Crippen molar-refractivity contribution in [2.75, 3.05) is 6.54 Å². The molecule has 0 spiro atoms. The van der Waals surface area contributed by atoms with Crippen molar-refractivity contribution in [1.82, 2.24) is 5.32 Å². The molecule has 1 aromatic carbocycles. The maximum Gasteiger partial charge on any atom is 0.416 e. The summed E-state index contributed by atoms with van der Waals surface area (Å²) in [4.78, 5) is 0. The average Bonchev–Trinajstić information content (AvgIpc) is 2.35. The highest BCUT2D eigenvalue weighted by Crippen LogP contribution is 2.30. The van der Waals surface area contributed by atoms with Gasteiger partial charge in [-0.1, -0.05) is 12.1 Å². The molecule has 1 rings (SSSR count). The molecule has 0 bridgehead atoms. The molecule has 0 aliphatic carbocycles. The van der Waals surface area contributed by atoms with Gasteiger partial charge in [-0.3, -0.25) is 0 Å². The predicted molar refractivity (Wildman–Crippen MR) is 67.3 cm³/mol. The highest BCUT2D eigenvalue weighted by atomic mass is 19.4. The van der Waals surface area contributed by atoms with Crippen LogP contribution in [0.15, 0.2) is 24.3 Å². The minimum atomic E-state index is -4.33. The molecule has 1 unspecified atom stereocenters. The minimum absolute atomic E-state index is 0.241. The Kier molecular flexibility index (Phi) is 4.59. The summed E-state index contributed by atoms with van der Waals surface area (Å²) in [6.07, 6.45) is -4.33. The molecule has 1 N–H and O–H groups in total. The van der Waals surface area contributed by atoms with E-state index in [0.717, 1.165) is 12.1 Å². The maximum atomic E-state index is 12.6. The third-order valence-corrected chi connectivity index (χ3v) is 2.87. The maximum absolute atomic E-state index is 12.6. The van der Waals surface area contributed by atoms with Gasteiger partial charge < -0.3 is 5.32 Å². The number of nitriles is 1. The first-order valence-electron chi connectivity index (χ1n) is 5.97. The summed E-state index contributed by atoms with van der Waals surface area (Å²) >= 11 is 0. The van der Waals surface area contributed by atoms with Gasteiger partial charge in [0, 0.05) is 12.6 Å². The van der Waals surface area contributed by atoms with Crippen molar-refractivity contribution in [3.05, 3.63) is 35.4 Å². The number of rotatable bonds is 4. The molecule has 0 aliphatic rings. The Hall–Kier alpha value is -1.54. The second kappa shape index (κ2) is 5.62. The minimum Gasteiger partial charge on any atom is -0.309 e. The van der Waals surface area contributed by atoms with Crippen LogP contribution in [0, 0.1) is 16.7 Å². The van der Waals surface area contributed by atoms with E-state index in [9.17, 15) is 13.2 Å². The molecule has 5 heteroatoms. The van der Waals surface area contributed by atoms with Gasteiger partial charge in [0.25, 0.3) is 0 Å². The zero-order chi connectivity index (χ0) is 14.7. The molecule has 0 amide bonds. The van der Waals surface area contributed by atoms with Crippen molar-refractivity contribution < 1.29 is 13.2 Å². The van der Waals surface area contributed by atoms with Crippen LogP contribution < -0.4 is 5.32 Å². The molecule has 0 radical (unpaired) electrons. The van der Waals surface area contributed by atoms with E-state index in [2.05, 4.69) is 11.4 Å². The third kappa shape index (κ3) is 4.56. The molecule has 0 fully saturated rings. The van der Waals surface area contributed by atoms with Gasteiger partial charge >= 0.3 is 6.18 Å². The van der Waals surface area contributed by atoms with Gasteiger partial charge in [0.1, 0.15) is 0 Å². The van der Waals surface area contributed by atoms with E-state index in [1.165, 1.54) is 6.07 Å². The van der Waals surface area contributed by atoms with Crippen LogP contribution in [-0.4, -0.2) is 6.54 Å². The Morgan fingerprint density at radius 1 is 1.32 bits per heavy atom. The molecular weight excluding hydrogens is 253 g/mol. The van der Waals surface area contributed by atoms with Gasteiger partial charge in [0.2, 0.25) is 0 Å². The largest absolute Gasteiger partial charge is 0.416 e. The molecule has 0 saturated heterocycles. The normalized spacial score (nSPS) is 13.9. The van der Waals surface area contributed by atoms with Crippen LogP contribution in [0.1, 0.15) is 37.9 Å². The second-order valence-electron chi connectivity index (χ2n) is 5.22. The molecule has 0 saturated carbocycles. The zero-order valence-corrected chi connectivity index (χ0v) is 11.2. The second-order valence-corrected chi connectivity index (χ2v) is 5.22. The van der Waals surface area contributed by atoms with Crippen LogP contribution in [0.25, 0.3) is 0 Å². The van der Waals surface area contributed by atoms with Gasteiger partial charge in [-0.2, -0.15) is 18.4 Å². The van der Waals surface area contributed by atoms with Gasteiger partial charge in [0.05, 0.1) is 17.0 Å². The van der Waals surface area contributed by atoms with E-state index in [1.807, 2.05) is 0 Å². The van der Waals surface area contributed by atoms with E-state index in [4.69, 9.17) is 5.26 Å². The van der Waals surface area contributed by atoms with Crippen LogP contribution >= 0.6 is 0 Å². The van der Waals surface area contributed by atoms with Crippen molar-refractivity contribution >= 4 is 0 Å². The quantitative estimate of drug-likeness (QED) is 0.900. The van der Waals surface area contributed by atoms with Crippen molar-refractivity contribution in [1.29, 1.82) is 5.26 Å². The lowest BCUT2D eigenvalue weighted by atomic mass is 9.95. The summed E-state index contributed by atoms with van der Waals surface area (Å²) in [6.45, 7) is 5.75. The lowest BCUT2D eigenvalue weighted by molar-refractivity contribution is -0.137. The van der Waals surface area contributed by atoms with Crippen LogP contribution in [0.5, 0.6) is 0 Å². The van der Waals surface area contributed by atoms with Crippen molar-refractivity contribution in [2.45, 2.75) is 33.0 Å². The van der Waals surface area contributed by atoms with Crippen LogP contribution in [-0.2, 0) is 6.18 Å². The summed E-state index contributed by atoms with van der Waals surface area (Å²) in [5.41, 5.74) is -0.641. The summed E-state index contributed by atoms with van der Waals surface area (Å²) in [5.74, 6) is 0. The van der Waals surface area contributed by atoms with E-state index in [1.54, 1.807) is 26.8 Å². The zero-order valence-electron chi connectivity index (χ0n) is 11.2. The smallest absolute Gasteiger partial charge is 0.309 e. The van der Waals surface area contributed by atoms with E-state index >= 15 is 0 Å². The molecule has 1 aromatic rings. The topological polar surface area (TPSA) is 35.8 Å². The van der Waals surface area contributed by atoms with Gasteiger partial charge in [-0.25, -0.2) is 0 Å². The van der Waals surface area contributed by atoms with Gasteiger partial charge in [-0.05, 0) is 38.5 Å². The summed E-state index contributed by atoms with van der Waals surface area (Å²) < 4.78 is 37.8. The lowest BCUT2D eigenvalue weighted by Gasteiger charge is -2.21. The highest BCUT2D eigenvalue weighted by Gasteiger charge is 2.30. The number of halogens is 3. The Balaban J connectivity index is 2.79. The number of nitrogens with one attached hydrogen (secondary N) is 1. The first-order valence-corrected chi connectivity index (χ1v) is 5.97. The number of nitrogens with zero attached hydrogens (tertiary/aromatic N) is 1. The Bertz CT molecular complexity index is 472. The SMILES string of the molecule is CC(NCC(C)(C)C#N)c1cccc(C(F)(F)F)c1. The monoisotopic (exact) mass is 270 g/mol. The van der Waals surface area contributed by atoms with Crippen LogP contribution in [0.3, 0.4) is 0 Å². The fraction of sp³-hybridized carbons (Fsp3) is 0.500. The average molecular weight is 270 g/mol. The summed E-state index contributed by atoms with van der Waals surface area (Å²) in [5, 5.41) is 12.0. The first-order chi connectivity index (χ1) is 8.65. The fourth-order valence-electron chi connectivity index (χ4n) is 1.55. The molecule has 2 nitrogen and oxygen atoms in total. The summed E-state index contributed by atoms with van der Waals surface area (Å²) in [6, 6.07) is 7.13. The number of benzene rings is 1. The standard InChI is InChI=1S/C14H17F3N2/c1-10(19-9-13(2,3)8-18)11-5-4-6-12(7-11)14(15,16)17/h4-7,10,19H,9H2,1-3H3. The Morgan fingerprint density at radius 2 is 1.95 bits per heavy atom. The van der Waals surface area contributed by atoms with E-state index in [-0.39, 0.29) is 6.04 Å². The Morgan fingerprint density at radius 3 is 2.47 bits per heavy atom. The molecular formula is C14H17F3N2. The van der Waals surface area contributed by atoms with Crippen LogP contribution in [0.2, 0.25) is 0 Å². The number of hydrogen-bond donors (Lipinski definition) is 1. The highest BCUT2D eigenvalue weighted by molar-refractivity contribution is 5.27. The van der Waals surface area contributed by atoms with E-state index in [0.29, 0.717) is 12.1 Å². The predicted octanol–water partition coefficient (Wildman–Crippen LogP) is 3.91. The van der Waals surface area contributed by atoms with Crippen LogP contribution in [0.4, 0.5) is 13.2 Å². The van der Waals surface area contributed by atoms with Crippen molar-refractivity contribution in [2.24, 2.45) is 5.41 Å². The van der Waals surface area contributed by atoms with Gasteiger partial charge in [-0.15, -0.1) is 0 Å². The molecule has 19 heavy (non-hydrogen) atoms. The van der Waals surface area contributed by atoms with Crippen molar-refractivity contribution in [3.8, 4) is 6.07 Å². The molecule has 0 heterocycles. The number of alkyl halides is 3. The molecule has 0 aliphatic heterocycles.